The standard InChI is InChI=1S/C22H21NO4/c1-2-15-26-19-10-7-17(8-11-19)9-12-22(25)27-16-21(24)23-14-13-18-5-3-4-6-20(18)23/h2-12H,1,13-16H2/b12-9+. The topological polar surface area (TPSA) is 55.8 Å². The number of fused-ring (bicyclic) bond motifs is 1. The summed E-state index contributed by atoms with van der Waals surface area (Å²) in [5, 5.41) is 0. The predicted molar refractivity (Wildman–Crippen MR) is 105 cm³/mol. The highest BCUT2D eigenvalue weighted by molar-refractivity contribution is 5.98. The first-order valence-electron chi connectivity index (χ1n) is 8.74. The van der Waals surface area contributed by atoms with Gasteiger partial charge < -0.3 is 14.4 Å². The van der Waals surface area contributed by atoms with Crippen molar-refractivity contribution in [3.63, 3.8) is 0 Å². The third kappa shape index (κ3) is 4.85. The maximum absolute atomic E-state index is 12.3. The van der Waals surface area contributed by atoms with E-state index >= 15 is 0 Å². The number of hydrogen-bond donors (Lipinski definition) is 0. The van der Waals surface area contributed by atoms with Crippen molar-refractivity contribution >= 4 is 23.6 Å². The van der Waals surface area contributed by atoms with Crippen molar-refractivity contribution in [3.05, 3.63) is 78.4 Å². The number of carbonyl (C=O) groups excluding carboxylic acids is 2. The van der Waals surface area contributed by atoms with E-state index < -0.39 is 5.97 Å². The van der Waals surface area contributed by atoms with Gasteiger partial charge in [-0.15, -0.1) is 0 Å². The van der Waals surface area contributed by atoms with Gasteiger partial charge in [-0.2, -0.15) is 0 Å². The molecule has 5 nitrogen and oxygen atoms in total. The van der Waals surface area contributed by atoms with Crippen molar-refractivity contribution in [2.75, 3.05) is 24.7 Å². The average molecular weight is 363 g/mol. The molecule has 0 unspecified atom stereocenters. The molecular weight excluding hydrogens is 342 g/mol. The molecule has 0 saturated heterocycles. The van der Waals surface area contributed by atoms with Crippen molar-refractivity contribution in [1.82, 2.24) is 0 Å². The Bertz CT molecular complexity index is 855. The third-order valence-corrected chi connectivity index (χ3v) is 4.19. The molecule has 2 aromatic rings. The highest BCUT2D eigenvalue weighted by Crippen LogP contribution is 2.27. The second kappa shape index (κ2) is 8.85. The first-order chi connectivity index (χ1) is 13.2. The maximum atomic E-state index is 12.3. The molecule has 1 aliphatic heterocycles. The highest BCUT2D eigenvalue weighted by Gasteiger charge is 2.24. The summed E-state index contributed by atoms with van der Waals surface area (Å²) in [7, 11) is 0. The number of para-hydroxylation sites is 1. The Balaban J connectivity index is 1.49. The zero-order valence-corrected chi connectivity index (χ0v) is 15.0. The van der Waals surface area contributed by atoms with Crippen molar-refractivity contribution in [3.8, 4) is 5.75 Å². The molecule has 0 saturated carbocycles. The van der Waals surface area contributed by atoms with E-state index in [1.165, 1.54) is 6.08 Å². The van der Waals surface area contributed by atoms with Crippen molar-refractivity contribution < 1.29 is 19.1 Å². The lowest BCUT2D eigenvalue weighted by Gasteiger charge is -2.16. The molecular formula is C22H21NO4. The van der Waals surface area contributed by atoms with Crippen LogP contribution in [0.2, 0.25) is 0 Å². The van der Waals surface area contributed by atoms with Gasteiger partial charge in [-0.25, -0.2) is 4.79 Å². The molecule has 0 bridgehead atoms. The molecule has 0 N–H and O–H groups in total. The summed E-state index contributed by atoms with van der Waals surface area (Å²) in [5.41, 5.74) is 2.86. The molecule has 1 heterocycles. The molecule has 0 aliphatic carbocycles. The minimum atomic E-state index is -0.553. The van der Waals surface area contributed by atoms with E-state index in [1.54, 1.807) is 17.1 Å². The molecule has 0 radical (unpaired) electrons. The number of esters is 1. The van der Waals surface area contributed by atoms with Crippen LogP contribution in [0.25, 0.3) is 6.08 Å². The highest BCUT2D eigenvalue weighted by atomic mass is 16.5. The Labute approximate surface area is 158 Å². The Hall–Kier alpha value is -3.34. The number of benzene rings is 2. The van der Waals surface area contributed by atoms with Crippen LogP contribution >= 0.6 is 0 Å². The van der Waals surface area contributed by atoms with Gasteiger partial charge in [0.15, 0.2) is 6.61 Å². The summed E-state index contributed by atoms with van der Waals surface area (Å²) in [6.07, 6.45) is 5.44. The lowest BCUT2D eigenvalue weighted by atomic mass is 10.2. The first kappa shape index (κ1) is 18.5. The van der Waals surface area contributed by atoms with E-state index in [9.17, 15) is 9.59 Å². The molecule has 1 aliphatic rings. The van der Waals surface area contributed by atoms with Crippen LogP contribution in [-0.2, 0) is 20.7 Å². The van der Waals surface area contributed by atoms with Crippen LogP contribution in [0.5, 0.6) is 5.75 Å². The fraction of sp³-hybridized carbons (Fsp3) is 0.182. The Morgan fingerprint density at radius 3 is 2.67 bits per heavy atom. The summed E-state index contributed by atoms with van der Waals surface area (Å²) in [4.78, 5) is 25.8. The Morgan fingerprint density at radius 1 is 1.11 bits per heavy atom. The summed E-state index contributed by atoms with van der Waals surface area (Å²) >= 11 is 0. The zero-order chi connectivity index (χ0) is 19.1. The molecule has 0 atom stereocenters. The van der Waals surface area contributed by atoms with E-state index in [1.807, 2.05) is 48.5 Å². The minimum absolute atomic E-state index is 0.217. The number of amides is 1. The second-order valence-corrected chi connectivity index (χ2v) is 6.03. The van der Waals surface area contributed by atoms with Gasteiger partial charge in [-0.05, 0) is 41.8 Å². The van der Waals surface area contributed by atoms with Crippen LogP contribution in [0.3, 0.4) is 0 Å². The van der Waals surface area contributed by atoms with Gasteiger partial charge >= 0.3 is 5.97 Å². The van der Waals surface area contributed by atoms with Gasteiger partial charge in [-0.1, -0.05) is 43.0 Å². The summed E-state index contributed by atoms with van der Waals surface area (Å²) in [6.45, 7) is 4.38. The normalized spacial score (nSPS) is 12.7. The van der Waals surface area contributed by atoms with Gasteiger partial charge in [0.05, 0.1) is 0 Å². The average Bonchev–Trinajstić information content (AvgIpc) is 3.14. The number of carbonyl (C=O) groups is 2. The van der Waals surface area contributed by atoms with Gasteiger partial charge in [-0.3, -0.25) is 4.79 Å². The second-order valence-electron chi connectivity index (χ2n) is 6.03. The molecule has 0 spiro atoms. The van der Waals surface area contributed by atoms with E-state index in [4.69, 9.17) is 9.47 Å². The number of anilines is 1. The summed E-state index contributed by atoms with van der Waals surface area (Å²) in [6, 6.07) is 15.0. The number of hydrogen-bond acceptors (Lipinski definition) is 4. The van der Waals surface area contributed by atoms with Crippen molar-refractivity contribution in [2.24, 2.45) is 0 Å². The fourth-order valence-corrected chi connectivity index (χ4v) is 2.85. The predicted octanol–water partition coefficient (Wildman–Crippen LogP) is 3.40. The van der Waals surface area contributed by atoms with Crippen LogP contribution in [0.4, 0.5) is 5.69 Å². The SMILES string of the molecule is C=CCOc1ccc(/C=C/C(=O)OCC(=O)N2CCc3ccccc32)cc1. The smallest absolute Gasteiger partial charge is 0.331 e. The van der Waals surface area contributed by atoms with E-state index in [-0.39, 0.29) is 12.5 Å². The zero-order valence-electron chi connectivity index (χ0n) is 15.0. The van der Waals surface area contributed by atoms with Gasteiger partial charge in [0, 0.05) is 18.3 Å². The summed E-state index contributed by atoms with van der Waals surface area (Å²) in [5.74, 6) is -0.0423. The van der Waals surface area contributed by atoms with E-state index in [2.05, 4.69) is 6.58 Å². The lowest BCUT2D eigenvalue weighted by molar-refractivity contribution is -0.142. The van der Waals surface area contributed by atoms with E-state index in [0.717, 1.165) is 29.0 Å². The number of ether oxygens (including phenoxy) is 2. The Kier molecular flexibility index (Phi) is 6.05. The quantitative estimate of drug-likeness (QED) is 0.430. The monoisotopic (exact) mass is 363 g/mol. The Morgan fingerprint density at radius 2 is 1.89 bits per heavy atom. The number of nitrogens with zero attached hydrogens (tertiary/aromatic N) is 1. The molecule has 138 valence electrons. The van der Waals surface area contributed by atoms with Crippen LogP contribution in [-0.4, -0.2) is 31.6 Å². The molecule has 2 aromatic carbocycles. The van der Waals surface area contributed by atoms with Gasteiger partial charge in [0.25, 0.3) is 5.91 Å². The van der Waals surface area contributed by atoms with Crippen molar-refractivity contribution in [2.45, 2.75) is 6.42 Å². The maximum Gasteiger partial charge on any atom is 0.331 e. The molecule has 27 heavy (non-hydrogen) atoms. The minimum Gasteiger partial charge on any atom is -0.490 e. The fourth-order valence-electron chi connectivity index (χ4n) is 2.85. The van der Waals surface area contributed by atoms with E-state index in [0.29, 0.717) is 13.2 Å². The molecule has 1 amide bonds. The first-order valence-corrected chi connectivity index (χ1v) is 8.74. The van der Waals surface area contributed by atoms with Crippen LogP contribution in [0.1, 0.15) is 11.1 Å². The van der Waals surface area contributed by atoms with Crippen LogP contribution < -0.4 is 9.64 Å². The van der Waals surface area contributed by atoms with Crippen LogP contribution in [0.15, 0.2) is 67.3 Å². The summed E-state index contributed by atoms with van der Waals surface area (Å²) < 4.78 is 10.5. The number of rotatable bonds is 7. The van der Waals surface area contributed by atoms with Crippen molar-refractivity contribution in [1.29, 1.82) is 0 Å². The molecule has 5 heteroatoms. The lowest BCUT2D eigenvalue weighted by Crippen LogP contribution is -2.33. The van der Waals surface area contributed by atoms with Gasteiger partial charge in [0.1, 0.15) is 12.4 Å². The molecule has 3 rings (SSSR count). The largest absolute Gasteiger partial charge is 0.490 e. The molecule has 0 fully saturated rings. The molecule has 0 aromatic heterocycles. The van der Waals surface area contributed by atoms with Gasteiger partial charge in [0.2, 0.25) is 0 Å². The van der Waals surface area contributed by atoms with Crippen LogP contribution in [0, 0.1) is 0 Å². The third-order valence-electron chi connectivity index (χ3n) is 4.19.